The molecule has 6 heteroatoms. The fourth-order valence-electron chi connectivity index (χ4n) is 7.89. The number of pyridine rings is 3. The second kappa shape index (κ2) is 17.2. The zero-order valence-electron chi connectivity index (χ0n) is 37.0. The van der Waals surface area contributed by atoms with Crippen LogP contribution in [0.1, 0.15) is 81.2 Å². The van der Waals surface area contributed by atoms with Gasteiger partial charge < -0.3 is 4.98 Å². The van der Waals surface area contributed by atoms with E-state index in [4.69, 9.17) is 14.1 Å². The molecule has 4 aromatic heterocycles. The molecule has 0 atom stereocenters. The van der Waals surface area contributed by atoms with Crippen LogP contribution in [0.25, 0.3) is 53.9 Å². The van der Waals surface area contributed by atoms with Crippen molar-refractivity contribution in [2.24, 2.45) is 11.3 Å². The van der Waals surface area contributed by atoms with E-state index in [2.05, 4.69) is 96.8 Å². The van der Waals surface area contributed by atoms with Crippen molar-refractivity contribution in [2.45, 2.75) is 96.3 Å². The van der Waals surface area contributed by atoms with Crippen molar-refractivity contribution in [3.8, 4) is 33.6 Å². The summed E-state index contributed by atoms with van der Waals surface area (Å²) in [4.78, 5) is 15.2. The van der Waals surface area contributed by atoms with E-state index in [0.29, 0.717) is 0 Å². The molecular formula is C50H55GeIrN3S-2. The Hall–Kier alpha value is -3.48. The molecule has 0 aliphatic heterocycles. The summed E-state index contributed by atoms with van der Waals surface area (Å²) < 4.78 is 27.6. The van der Waals surface area contributed by atoms with E-state index in [-0.39, 0.29) is 32.4 Å². The SMILES string of the molecule is [2H]C([2H])(c1cc(-c2[c-]cccc2)nc[c]1[Ge]([CH3])([CH3])[CH3])C(C)(C)C.[2H]Cc1ccc2c(n1)sc1c(-c3cc(C(C)(C)C4CCCC4)ccn3)[c-]cc(-c3ccccc3)c12.[Ir]. The van der Waals surface area contributed by atoms with E-state index in [1.165, 1.54) is 52.5 Å². The van der Waals surface area contributed by atoms with Crippen molar-refractivity contribution in [3.63, 3.8) is 0 Å². The normalized spacial score (nSPS) is 14.8. The Morgan fingerprint density at radius 1 is 0.875 bits per heavy atom. The van der Waals surface area contributed by atoms with Crippen molar-refractivity contribution >= 4 is 49.3 Å². The van der Waals surface area contributed by atoms with Gasteiger partial charge in [-0.1, -0.05) is 85.7 Å². The Labute approximate surface area is 359 Å². The smallest absolute Gasteiger partial charge is 0.114 e. The summed E-state index contributed by atoms with van der Waals surface area (Å²) in [5.41, 5.74) is 8.68. The minimum atomic E-state index is -2.24. The zero-order valence-corrected chi connectivity index (χ0v) is 39.3. The third kappa shape index (κ3) is 9.28. The van der Waals surface area contributed by atoms with E-state index in [0.717, 1.165) is 54.3 Å². The Balaban J connectivity index is 0.000000213. The second-order valence-electron chi connectivity index (χ2n) is 17.6. The van der Waals surface area contributed by atoms with Gasteiger partial charge in [-0.25, -0.2) is 4.98 Å². The van der Waals surface area contributed by atoms with Gasteiger partial charge in [0.1, 0.15) is 4.83 Å². The zero-order chi connectivity index (χ0) is 41.5. The largest absolute Gasteiger partial charge is 0.305 e. The third-order valence-electron chi connectivity index (χ3n) is 10.9. The number of hydrogen-bond donors (Lipinski definition) is 0. The number of aromatic nitrogens is 3. The molecule has 7 aromatic rings. The first-order chi connectivity index (χ1) is 27.5. The van der Waals surface area contributed by atoms with Crippen LogP contribution in [0.3, 0.4) is 0 Å². The van der Waals surface area contributed by atoms with Crippen LogP contribution in [-0.4, -0.2) is 28.2 Å². The molecule has 1 radical (unpaired) electrons. The van der Waals surface area contributed by atoms with Crippen LogP contribution in [-0.2, 0) is 31.9 Å². The molecule has 1 aliphatic carbocycles. The Bertz CT molecular complexity index is 2540. The Morgan fingerprint density at radius 3 is 2.30 bits per heavy atom. The van der Waals surface area contributed by atoms with Crippen molar-refractivity contribution in [3.05, 3.63) is 132 Å². The van der Waals surface area contributed by atoms with E-state index in [1.54, 1.807) is 11.3 Å². The molecule has 56 heavy (non-hydrogen) atoms. The van der Waals surface area contributed by atoms with Crippen molar-refractivity contribution in [1.82, 2.24) is 15.0 Å². The first-order valence-corrected chi connectivity index (χ1v) is 27.7. The van der Waals surface area contributed by atoms with Crippen LogP contribution >= 0.6 is 11.3 Å². The van der Waals surface area contributed by atoms with Crippen molar-refractivity contribution in [1.29, 1.82) is 0 Å². The van der Waals surface area contributed by atoms with E-state index in [1.807, 2.05) is 75.6 Å². The number of thiophene rings is 1. The molecule has 1 saturated carbocycles. The van der Waals surface area contributed by atoms with Gasteiger partial charge in [0.15, 0.2) is 0 Å². The molecule has 0 bridgehead atoms. The summed E-state index contributed by atoms with van der Waals surface area (Å²) in [6, 6.07) is 37.7. The molecule has 0 unspecified atom stereocenters. The first-order valence-electron chi connectivity index (χ1n) is 21.3. The van der Waals surface area contributed by atoms with Crippen LogP contribution in [0.5, 0.6) is 0 Å². The number of benzene rings is 3. The van der Waals surface area contributed by atoms with Crippen LogP contribution in [0, 0.1) is 30.4 Å². The van der Waals surface area contributed by atoms with Gasteiger partial charge >= 0.3 is 135 Å². The van der Waals surface area contributed by atoms with Gasteiger partial charge in [0, 0.05) is 38.8 Å². The monoisotopic (exact) mass is 999 g/mol. The fraction of sp³-hybridized carbons (Fsp3) is 0.340. The number of rotatable bonds is 7. The average Bonchev–Trinajstić information content (AvgIpc) is 3.90. The fourth-order valence-corrected chi connectivity index (χ4v) is 12.0. The molecule has 0 N–H and O–H groups in total. The maximum Gasteiger partial charge on any atom is 0.114 e. The third-order valence-corrected chi connectivity index (χ3v) is 16.2. The van der Waals surface area contributed by atoms with E-state index < -0.39 is 25.1 Å². The number of fused-ring (bicyclic) bond motifs is 3. The topological polar surface area (TPSA) is 38.7 Å². The van der Waals surface area contributed by atoms with Crippen LogP contribution < -0.4 is 4.40 Å². The van der Waals surface area contributed by atoms with Crippen LogP contribution in [0.2, 0.25) is 17.3 Å². The number of hydrogen-bond acceptors (Lipinski definition) is 4. The summed E-state index contributed by atoms with van der Waals surface area (Å²) in [5.74, 6) is 7.58. The first kappa shape index (κ1) is 38.1. The summed E-state index contributed by atoms with van der Waals surface area (Å²) in [6.07, 6.45) is 7.78. The Morgan fingerprint density at radius 2 is 1.62 bits per heavy atom. The molecular weight excluding hydrogens is 939 g/mol. The molecule has 4 heterocycles. The molecule has 3 nitrogen and oxygen atoms in total. The maximum absolute atomic E-state index is 8.76. The average molecular weight is 998 g/mol. The van der Waals surface area contributed by atoms with Gasteiger partial charge in [0.05, 0.1) is 0 Å². The minimum absolute atomic E-state index is 0. The molecule has 0 amide bonds. The quantitative estimate of drug-likeness (QED) is 0.118. The van der Waals surface area contributed by atoms with Gasteiger partial charge in [-0.3, -0.25) is 0 Å². The molecule has 0 saturated heterocycles. The van der Waals surface area contributed by atoms with Gasteiger partial charge in [-0.15, -0.1) is 17.7 Å². The van der Waals surface area contributed by atoms with Gasteiger partial charge in [0.25, 0.3) is 0 Å². The molecule has 8 rings (SSSR count). The summed E-state index contributed by atoms with van der Waals surface area (Å²) in [7, 11) is 0. The van der Waals surface area contributed by atoms with Crippen LogP contribution in [0.4, 0.5) is 0 Å². The van der Waals surface area contributed by atoms with Crippen molar-refractivity contribution < 1.29 is 24.2 Å². The summed E-state index contributed by atoms with van der Waals surface area (Å²) in [6.45, 7) is 10.9. The van der Waals surface area contributed by atoms with Gasteiger partial charge in [-0.2, -0.15) is 11.3 Å². The molecule has 1 fully saturated rings. The molecule has 0 spiro atoms. The number of nitrogens with zero attached hydrogens (tertiary/aromatic N) is 3. The Kier molecular flexibility index (Phi) is 11.7. The number of aryl methyl sites for hydroxylation is 1. The standard InChI is InChI=1S/C31H29N2S.C19H26GeN.Ir/c1-20-13-14-26-28-24(21-9-5-4-6-10-21)15-16-25(29(28)34-30(26)33-20)27-19-23(17-18-32-27)31(2,3)22-11-7-8-12-22;1-19(2,3)13-16-12-18(15-10-8-7-9-11-15)21-14-17(16)20(4,5)6;/h4-6,9-10,13-15,17-19,22H,7-8,11-12H2,1-3H3;7-10,12,14H,13H2,1-6H3;/q2*-1;/i1D;13D2;. The maximum atomic E-state index is 8.76. The molecule has 1 aliphatic rings. The van der Waals surface area contributed by atoms with Gasteiger partial charge in [0.2, 0.25) is 0 Å². The van der Waals surface area contributed by atoms with Crippen LogP contribution in [0.15, 0.2) is 103 Å². The predicted molar refractivity (Wildman–Crippen MR) is 239 cm³/mol. The van der Waals surface area contributed by atoms with E-state index in [9.17, 15) is 0 Å². The van der Waals surface area contributed by atoms with Crippen molar-refractivity contribution in [2.75, 3.05) is 0 Å². The molecule has 291 valence electrons. The second-order valence-corrected chi connectivity index (χ2v) is 29.1. The van der Waals surface area contributed by atoms with Gasteiger partial charge in [-0.05, 0) is 59.2 Å². The summed E-state index contributed by atoms with van der Waals surface area (Å²) >= 11 is -0.546. The molecule has 3 aromatic carbocycles. The predicted octanol–water partition coefficient (Wildman–Crippen LogP) is 13.4. The summed E-state index contributed by atoms with van der Waals surface area (Å²) in [5, 5.41) is 2.34. The minimum Gasteiger partial charge on any atom is -0.305 e. The van der Waals surface area contributed by atoms with E-state index >= 15 is 0 Å².